The minimum Gasteiger partial charge on any atom is -0.452 e. The van der Waals surface area contributed by atoms with Crippen molar-refractivity contribution in [2.24, 2.45) is 0 Å². The molecule has 0 saturated heterocycles. The largest absolute Gasteiger partial charge is 0.452 e. The van der Waals surface area contributed by atoms with Gasteiger partial charge in [0.2, 0.25) is 0 Å². The Labute approximate surface area is 103 Å². The second-order valence-electron chi connectivity index (χ2n) is 3.42. The number of pyridine rings is 1. The van der Waals surface area contributed by atoms with Gasteiger partial charge in [-0.25, -0.2) is 0 Å². The molecule has 2 rings (SSSR count). The zero-order valence-electron chi connectivity index (χ0n) is 8.98. The van der Waals surface area contributed by atoms with Crippen molar-refractivity contribution in [1.82, 2.24) is 10.3 Å². The Morgan fingerprint density at radius 2 is 2.31 bits per heavy atom. The van der Waals surface area contributed by atoms with Crippen molar-refractivity contribution >= 4 is 15.9 Å². The van der Waals surface area contributed by atoms with E-state index in [1.54, 1.807) is 6.20 Å². The van der Waals surface area contributed by atoms with Crippen LogP contribution in [0.1, 0.15) is 24.3 Å². The van der Waals surface area contributed by atoms with Crippen LogP contribution in [0.5, 0.6) is 0 Å². The smallest absolute Gasteiger partial charge is 0.169 e. The first-order chi connectivity index (χ1) is 7.81. The van der Waals surface area contributed by atoms with Crippen molar-refractivity contribution in [3.63, 3.8) is 0 Å². The topological polar surface area (TPSA) is 38.1 Å². The molecule has 0 spiro atoms. The highest BCUT2D eigenvalue weighted by Gasteiger charge is 2.16. The van der Waals surface area contributed by atoms with Gasteiger partial charge < -0.3 is 9.73 Å². The lowest BCUT2D eigenvalue weighted by atomic mass is 10.1. The molecule has 1 N–H and O–H groups in total. The minimum absolute atomic E-state index is 0.0602. The maximum Gasteiger partial charge on any atom is 0.169 e. The van der Waals surface area contributed by atoms with Crippen LogP contribution in [-0.4, -0.2) is 11.5 Å². The summed E-state index contributed by atoms with van der Waals surface area (Å²) in [6.45, 7) is 2.94. The average Bonchev–Trinajstić information content (AvgIpc) is 2.74. The fraction of sp³-hybridized carbons (Fsp3) is 0.250. The summed E-state index contributed by atoms with van der Waals surface area (Å²) in [7, 11) is 0. The maximum absolute atomic E-state index is 5.58. The van der Waals surface area contributed by atoms with E-state index in [-0.39, 0.29) is 6.04 Å². The number of halogens is 1. The standard InChI is InChI=1S/C12H13BrN2O/c1-2-15-12(9-4-3-7-14-8-9)10-5-6-11(13)16-10/h3-8,12,15H,2H2,1H3. The van der Waals surface area contributed by atoms with Crippen LogP contribution in [0.25, 0.3) is 0 Å². The van der Waals surface area contributed by atoms with E-state index in [4.69, 9.17) is 4.42 Å². The molecule has 0 amide bonds. The predicted molar refractivity (Wildman–Crippen MR) is 66.2 cm³/mol. The fourth-order valence-electron chi connectivity index (χ4n) is 1.62. The van der Waals surface area contributed by atoms with Gasteiger partial charge in [-0.3, -0.25) is 4.98 Å². The lowest BCUT2D eigenvalue weighted by molar-refractivity contribution is 0.437. The molecule has 0 aliphatic rings. The first-order valence-corrected chi connectivity index (χ1v) is 5.99. The molecule has 0 aliphatic carbocycles. The summed E-state index contributed by atoms with van der Waals surface area (Å²) in [6.07, 6.45) is 3.62. The minimum atomic E-state index is 0.0602. The van der Waals surface area contributed by atoms with Crippen LogP contribution in [-0.2, 0) is 0 Å². The third-order valence-corrected chi connectivity index (χ3v) is 2.73. The van der Waals surface area contributed by atoms with Crippen LogP contribution in [0.4, 0.5) is 0 Å². The van der Waals surface area contributed by atoms with Gasteiger partial charge in [-0.15, -0.1) is 0 Å². The van der Waals surface area contributed by atoms with Gasteiger partial charge in [0.25, 0.3) is 0 Å². The summed E-state index contributed by atoms with van der Waals surface area (Å²) in [5.74, 6) is 0.890. The summed E-state index contributed by atoms with van der Waals surface area (Å²) in [4.78, 5) is 4.13. The zero-order valence-corrected chi connectivity index (χ0v) is 10.6. The molecular formula is C12H13BrN2O. The van der Waals surface area contributed by atoms with E-state index >= 15 is 0 Å². The molecule has 0 aromatic carbocycles. The molecule has 0 saturated carbocycles. The zero-order chi connectivity index (χ0) is 11.4. The Bertz CT molecular complexity index is 441. The van der Waals surface area contributed by atoms with E-state index < -0.39 is 0 Å². The van der Waals surface area contributed by atoms with Crippen LogP contribution in [0.2, 0.25) is 0 Å². The number of nitrogens with zero attached hydrogens (tertiary/aromatic N) is 1. The molecule has 0 aliphatic heterocycles. The van der Waals surface area contributed by atoms with Crippen LogP contribution >= 0.6 is 15.9 Å². The second-order valence-corrected chi connectivity index (χ2v) is 4.20. The number of furan rings is 1. The number of hydrogen-bond acceptors (Lipinski definition) is 3. The van der Waals surface area contributed by atoms with Crippen molar-refractivity contribution in [2.75, 3.05) is 6.54 Å². The molecular weight excluding hydrogens is 268 g/mol. The van der Waals surface area contributed by atoms with Crippen molar-refractivity contribution < 1.29 is 4.42 Å². The van der Waals surface area contributed by atoms with Crippen molar-refractivity contribution in [2.45, 2.75) is 13.0 Å². The van der Waals surface area contributed by atoms with Gasteiger partial charge >= 0.3 is 0 Å². The van der Waals surface area contributed by atoms with Gasteiger partial charge in [-0.1, -0.05) is 13.0 Å². The quantitative estimate of drug-likeness (QED) is 0.935. The summed E-state index contributed by atoms with van der Waals surface area (Å²) >= 11 is 3.31. The van der Waals surface area contributed by atoms with E-state index in [1.165, 1.54) is 0 Å². The third-order valence-electron chi connectivity index (χ3n) is 2.30. The third kappa shape index (κ3) is 2.51. The molecule has 0 fully saturated rings. The molecule has 2 heterocycles. The molecule has 0 radical (unpaired) electrons. The second kappa shape index (κ2) is 5.27. The molecule has 2 aromatic heterocycles. The molecule has 0 bridgehead atoms. The number of rotatable bonds is 4. The molecule has 4 heteroatoms. The first-order valence-electron chi connectivity index (χ1n) is 5.20. The Hall–Kier alpha value is -1.13. The summed E-state index contributed by atoms with van der Waals surface area (Å²) in [5.41, 5.74) is 1.10. The summed E-state index contributed by atoms with van der Waals surface area (Å²) in [6, 6.07) is 7.89. The maximum atomic E-state index is 5.58. The molecule has 84 valence electrons. The van der Waals surface area contributed by atoms with Crippen LogP contribution < -0.4 is 5.32 Å². The average molecular weight is 281 g/mol. The van der Waals surface area contributed by atoms with Crippen molar-refractivity contribution in [1.29, 1.82) is 0 Å². The summed E-state index contributed by atoms with van der Waals surface area (Å²) in [5, 5.41) is 3.37. The molecule has 1 unspecified atom stereocenters. The SMILES string of the molecule is CCNC(c1cccnc1)c1ccc(Br)o1. The van der Waals surface area contributed by atoms with Crippen molar-refractivity contribution in [3.8, 4) is 0 Å². The van der Waals surface area contributed by atoms with Gasteiger partial charge in [0.15, 0.2) is 4.67 Å². The van der Waals surface area contributed by atoms with Gasteiger partial charge in [0.1, 0.15) is 5.76 Å². The predicted octanol–water partition coefficient (Wildman–Crippen LogP) is 3.14. The van der Waals surface area contributed by atoms with Gasteiger partial charge in [-0.05, 0) is 46.2 Å². The van der Waals surface area contributed by atoms with Crippen molar-refractivity contribution in [3.05, 3.63) is 52.7 Å². The normalized spacial score (nSPS) is 12.6. The van der Waals surface area contributed by atoms with Gasteiger partial charge in [-0.2, -0.15) is 0 Å². The highest BCUT2D eigenvalue weighted by Crippen LogP contribution is 2.25. The molecule has 16 heavy (non-hydrogen) atoms. The number of nitrogens with one attached hydrogen (secondary N) is 1. The van der Waals surface area contributed by atoms with Gasteiger partial charge in [0.05, 0.1) is 6.04 Å². The van der Waals surface area contributed by atoms with Crippen LogP contribution in [0.15, 0.2) is 45.7 Å². The molecule has 1 atom stereocenters. The monoisotopic (exact) mass is 280 g/mol. The number of aromatic nitrogens is 1. The Morgan fingerprint density at radius 3 is 2.88 bits per heavy atom. The van der Waals surface area contributed by atoms with E-state index in [9.17, 15) is 0 Å². The van der Waals surface area contributed by atoms with Gasteiger partial charge in [0, 0.05) is 12.4 Å². The highest BCUT2D eigenvalue weighted by molar-refractivity contribution is 9.10. The van der Waals surface area contributed by atoms with Crippen LogP contribution in [0, 0.1) is 0 Å². The summed E-state index contributed by atoms with van der Waals surface area (Å²) < 4.78 is 6.32. The lowest BCUT2D eigenvalue weighted by Gasteiger charge is -2.15. The van der Waals surface area contributed by atoms with E-state index in [0.29, 0.717) is 0 Å². The highest BCUT2D eigenvalue weighted by atomic mass is 79.9. The molecule has 2 aromatic rings. The molecule has 3 nitrogen and oxygen atoms in total. The number of hydrogen-bond donors (Lipinski definition) is 1. The van der Waals surface area contributed by atoms with E-state index in [1.807, 2.05) is 30.5 Å². The van der Waals surface area contributed by atoms with E-state index in [2.05, 4.69) is 33.2 Å². The Kier molecular flexibility index (Phi) is 3.74. The Morgan fingerprint density at radius 1 is 1.44 bits per heavy atom. The Balaban J connectivity index is 2.31. The first kappa shape index (κ1) is 11.4. The van der Waals surface area contributed by atoms with E-state index in [0.717, 1.165) is 22.5 Å². The lowest BCUT2D eigenvalue weighted by Crippen LogP contribution is -2.21. The fourth-order valence-corrected chi connectivity index (χ4v) is 1.94. The van der Waals surface area contributed by atoms with Crippen LogP contribution in [0.3, 0.4) is 0 Å².